The number of amides is 2. The van der Waals surface area contributed by atoms with E-state index in [-0.39, 0.29) is 25.2 Å². The first-order chi connectivity index (χ1) is 11.1. The summed E-state index contributed by atoms with van der Waals surface area (Å²) < 4.78 is 11.3. The van der Waals surface area contributed by atoms with Gasteiger partial charge in [-0.1, -0.05) is 18.2 Å². The van der Waals surface area contributed by atoms with Gasteiger partial charge in [0, 0.05) is 7.11 Å². The van der Waals surface area contributed by atoms with E-state index < -0.39 is 0 Å². The van der Waals surface area contributed by atoms with Crippen LogP contribution < -0.4 is 4.74 Å². The van der Waals surface area contributed by atoms with Gasteiger partial charge in [-0.05, 0) is 52.4 Å². The minimum atomic E-state index is -0.261. The Kier molecular flexibility index (Phi) is 4.63. The number of hydrogen-bond acceptors (Lipinski definition) is 4. The summed E-state index contributed by atoms with van der Waals surface area (Å²) in [7, 11) is 1.55. The zero-order chi connectivity index (χ0) is 16.4. The zero-order valence-electron chi connectivity index (χ0n) is 12.4. The monoisotopic (exact) mass is 423 g/mol. The van der Waals surface area contributed by atoms with E-state index in [1.165, 1.54) is 4.90 Å². The van der Waals surface area contributed by atoms with Crippen molar-refractivity contribution >= 4 is 34.4 Å². The SMILES string of the molecule is COCOc1cc(CN2C(=O)c3ccccc3C2=O)ccc1I. The largest absolute Gasteiger partial charge is 0.466 e. The maximum absolute atomic E-state index is 12.4. The molecule has 6 heteroatoms. The van der Waals surface area contributed by atoms with E-state index in [1.807, 2.05) is 18.2 Å². The number of carbonyl (C=O) groups is 2. The van der Waals surface area contributed by atoms with Gasteiger partial charge in [0.1, 0.15) is 5.75 Å². The highest BCUT2D eigenvalue weighted by Gasteiger charge is 2.34. The van der Waals surface area contributed by atoms with Crippen LogP contribution in [0.15, 0.2) is 42.5 Å². The normalized spacial score (nSPS) is 13.4. The molecule has 0 aromatic heterocycles. The van der Waals surface area contributed by atoms with Crippen molar-refractivity contribution in [3.05, 3.63) is 62.7 Å². The van der Waals surface area contributed by atoms with E-state index in [1.54, 1.807) is 31.4 Å². The summed E-state index contributed by atoms with van der Waals surface area (Å²) >= 11 is 2.16. The van der Waals surface area contributed by atoms with Crippen LogP contribution in [0.25, 0.3) is 0 Å². The first kappa shape index (κ1) is 15.9. The molecule has 0 bridgehead atoms. The Morgan fingerprint density at radius 1 is 1.04 bits per heavy atom. The van der Waals surface area contributed by atoms with E-state index in [4.69, 9.17) is 9.47 Å². The molecule has 0 fully saturated rings. The second kappa shape index (κ2) is 6.67. The predicted molar refractivity (Wildman–Crippen MR) is 92.3 cm³/mol. The first-order valence-corrected chi connectivity index (χ1v) is 8.05. The van der Waals surface area contributed by atoms with Crippen molar-refractivity contribution in [2.24, 2.45) is 0 Å². The number of halogens is 1. The highest BCUT2D eigenvalue weighted by Crippen LogP contribution is 2.27. The smallest absolute Gasteiger partial charge is 0.261 e. The molecule has 0 saturated carbocycles. The van der Waals surface area contributed by atoms with Crippen LogP contribution >= 0.6 is 22.6 Å². The third kappa shape index (κ3) is 3.09. The van der Waals surface area contributed by atoms with Gasteiger partial charge in [0.2, 0.25) is 0 Å². The lowest BCUT2D eigenvalue weighted by Crippen LogP contribution is -2.29. The van der Waals surface area contributed by atoms with Crippen LogP contribution in [0.3, 0.4) is 0 Å². The van der Waals surface area contributed by atoms with Crippen molar-refractivity contribution in [2.45, 2.75) is 6.54 Å². The van der Waals surface area contributed by atoms with Gasteiger partial charge < -0.3 is 9.47 Å². The molecule has 0 aliphatic carbocycles. The molecule has 0 atom stereocenters. The molecule has 2 aromatic carbocycles. The Morgan fingerprint density at radius 2 is 1.70 bits per heavy atom. The topological polar surface area (TPSA) is 55.8 Å². The Balaban J connectivity index is 1.83. The summed E-state index contributed by atoms with van der Waals surface area (Å²) in [6.07, 6.45) is 0. The van der Waals surface area contributed by atoms with Gasteiger partial charge in [-0.3, -0.25) is 14.5 Å². The van der Waals surface area contributed by atoms with Crippen molar-refractivity contribution in [3.63, 3.8) is 0 Å². The summed E-state index contributed by atoms with van der Waals surface area (Å²) in [5, 5.41) is 0. The van der Waals surface area contributed by atoms with Crippen molar-refractivity contribution in [3.8, 4) is 5.75 Å². The standard InChI is InChI=1S/C17H14INO4/c1-22-10-23-15-8-11(6-7-14(15)18)9-19-16(20)12-4-2-3-5-13(12)17(19)21/h2-8H,9-10H2,1H3. The summed E-state index contributed by atoms with van der Waals surface area (Å²) in [5.41, 5.74) is 1.74. The average molecular weight is 423 g/mol. The fraction of sp³-hybridized carbons (Fsp3) is 0.176. The number of carbonyl (C=O) groups excluding carboxylic acids is 2. The van der Waals surface area contributed by atoms with E-state index in [0.717, 1.165) is 9.13 Å². The van der Waals surface area contributed by atoms with E-state index in [0.29, 0.717) is 16.9 Å². The molecule has 1 heterocycles. The number of imide groups is 1. The number of hydrogen-bond donors (Lipinski definition) is 0. The van der Waals surface area contributed by atoms with Gasteiger partial charge in [-0.15, -0.1) is 0 Å². The van der Waals surface area contributed by atoms with E-state index in [2.05, 4.69) is 22.6 Å². The molecule has 23 heavy (non-hydrogen) atoms. The number of nitrogens with zero attached hydrogens (tertiary/aromatic N) is 1. The molecule has 0 spiro atoms. The van der Waals surface area contributed by atoms with Crippen molar-refractivity contribution in [1.29, 1.82) is 0 Å². The Hall–Kier alpha value is -1.93. The maximum atomic E-state index is 12.4. The van der Waals surface area contributed by atoms with Gasteiger partial charge in [0.05, 0.1) is 21.2 Å². The lowest BCUT2D eigenvalue weighted by molar-refractivity contribution is 0.0502. The molecule has 5 nitrogen and oxygen atoms in total. The van der Waals surface area contributed by atoms with Gasteiger partial charge in [-0.25, -0.2) is 0 Å². The lowest BCUT2D eigenvalue weighted by Gasteiger charge is -2.15. The number of fused-ring (bicyclic) bond motifs is 1. The minimum Gasteiger partial charge on any atom is -0.466 e. The Morgan fingerprint density at radius 3 is 2.30 bits per heavy atom. The third-order valence-electron chi connectivity index (χ3n) is 3.55. The molecule has 2 aromatic rings. The van der Waals surface area contributed by atoms with Crippen LogP contribution in [0.5, 0.6) is 5.75 Å². The second-order valence-corrected chi connectivity index (χ2v) is 6.22. The van der Waals surface area contributed by atoms with E-state index >= 15 is 0 Å². The number of ether oxygens (including phenoxy) is 2. The predicted octanol–water partition coefficient (Wildman–Crippen LogP) is 3.07. The van der Waals surface area contributed by atoms with Gasteiger partial charge in [-0.2, -0.15) is 0 Å². The fourth-order valence-electron chi connectivity index (χ4n) is 2.44. The molecule has 2 amide bonds. The zero-order valence-corrected chi connectivity index (χ0v) is 14.6. The Bertz CT molecular complexity index is 740. The van der Waals surface area contributed by atoms with Crippen molar-refractivity contribution < 1.29 is 19.1 Å². The maximum Gasteiger partial charge on any atom is 0.261 e. The lowest BCUT2D eigenvalue weighted by atomic mass is 10.1. The van der Waals surface area contributed by atoms with Crippen LogP contribution in [0, 0.1) is 3.57 Å². The first-order valence-electron chi connectivity index (χ1n) is 6.97. The molecule has 1 aliphatic heterocycles. The fourth-order valence-corrected chi connectivity index (χ4v) is 2.94. The van der Waals surface area contributed by atoms with Crippen LogP contribution in [0.4, 0.5) is 0 Å². The summed E-state index contributed by atoms with van der Waals surface area (Å²) in [4.78, 5) is 26.0. The van der Waals surface area contributed by atoms with Gasteiger partial charge in [0.15, 0.2) is 6.79 Å². The average Bonchev–Trinajstić information content (AvgIpc) is 2.81. The van der Waals surface area contributed by atoms with Crippen LogP contribution in [-0.4, -0.2) is 30.6 Å². The van der Waals surface area contributed by atoms with Crippen LogP contribution in [0.2, 0.25) is 0 Å². The molecule has 0 radical (unpaired) electrons. The molecule has 1 aliphatic rings. The molecule has 0 N–H and O–H groups in total. The highest BCUT2D eigenvalue weighted by molar-refractivity contribution is 14.1. The molecule has 118 valence electrons. The summed E-state index contributed by atoms with van der Waals surface area (Å²) in [6.45, 7) is 0.360. The molecular formula is C17H14INO4. The minimum absolute atomic E-state index is 0.145. The van der Waals surface area contributed by atoms with Gasteiger partial charge in [0.25, 0.3) is 11.8 Å². The highest BCUT2D eigenvalue weighted by atomic mass is 127. The second-order valence-electron chi connectivity index (χ2n) is 5.06. The number of methoxy groups -OCH3 is 1. The molecule has 3 rings (SSSR count). The summed E-state index contributed by atoms with van der Waals surface area (Å²) in [5.74, 6) is 0.147. The van der Waals surface area contributed by atoms with Gasteiger partial charge >= 0.3 is 0 Å². The van der Waals surface area contributed by atoms with Crippen molar-refractivity contribution in [1.82, 2.24) is 4.90 Å². The number of rotatable bonds is 5. The third-order valence-corrected chi connectivity index (χ3v) is 4.44. The van der Waals surface area contributed by atoms with E-state index in [9.17, 15) is 9.59 Å². The van der Waals surface area contributed by atoms with Crippen molar-refractivity contribution in [2.75, 3.05) is 13.9 Å². The Labute approximate surface area is 147 Å². The van der Waals surface area contributed by atoms with Crippen LogP contribution in [-0.2, 0) is 11.3 Å². The number of benzene rings is 2. The molecule has 0 unspecified atom stereocenters. The summed E-state index contributed by atoms with van der Waals surface area (Å²) in [6, 6.07) is 12.5. The molecule has 0 saturated heterocycles. The van der Waals surface area contributed by atoms with Crippen LogP contribution in [0.1, 0.15) is 26.3 Å². The quantitative estimate of drug-likeness (QED) is 0.422. The molecular weight excluding hydrogens is 409 g/mol.